The van der Waals surface area contributed by atoms with Crippen LogP contribution in [0.15, 0.2) is 97.2 Å². The largest absolute Gasteiger partial charge is 0.333 e. The molecule has 1 fully saturated rings. The van der Waals surface area contributed by atoms with Crippen molar-refractivity contribution in [2.75, 3.05) is 18.4 Å². The van der Waals surface area contributed by atoms with E-state index in [9.17, 15) is 9.59 Å². The van der Waals surface area contributed by atoms with Gasteiger partial charge in [0.1, 0.15) is 0 Å². The van der Waals surface area contributed by atoms with E-state index >= 15 is 0 Å². The van der Waals surface area contributed by atoms with Crippen molar-refractivity contribution in [1.82, 2.24) is 14.5 Å². The molecule has 0 atom stereocenters. The standard InChI is InChI=1S/C29H28N4O2/c34-27(21-32(19-23-16-17-23)28(35)18-22-10-4-1-5-11-22)31-29-30-26(24-12-6-2-7-13-24)20-33(29)25-14-8-3-9-15-25/h1-15,20,23H,16-19,21H2,(H,30,31,34). The molecule has 1 N–H and O–H groups in total. The quantitative estimate of drug-likeness (QED) is 0.381. The Hall–Kier alpha value is -4.19. The number of benzene rings is 3. The number of nitrogens with zero attached hydrogens (tertiary/aromatic N) is 3. The molecule has 4 aromatic rings. The molecule has 0 saturated heterocycles. The minimum Gasteiger partial charge on any atom is -0.333 e. The summed E-state index contributed by atoms with van der Waals surface area (Å²) in [6.07, 6.45) is 4.42. The lowest BCUT2D eigenvalue weighted by Gasteiger charge is -2.22. The molecule has 6 heteroatoms. The molecule has 1 aliphatic rings. The van der Waals surface area contributed by atoms with Gasteiger partial charge in [0.2, 0.25) is 17.8 Å². The predicted octanol–water partition coefficient (Wildman–Crippen LogP) is 4.96. The van der Waals surface area contributed by atoms with Crippen LogP contribution in [0.25, 0.3) is 16.9 Å². The fraction of sp³-hybridized carbons (Fsp3) is 0.207. The van der Waals surface area contributed by atoms with Crippen molar-refractivity contribution in [3.05, 3.63) is 103 Å². The van der Waals surface area contributed by atoms with Gasteiger partial charge in [0.05, 0.1) is 18.7 Å². The van der Waals surface area contributed by atoms with Crippen molar-refractivity contribution < 1.29 is 9.59 Å². The summed E-state index contributed by atoms with van der Waals surface area (Å²) in [5.41, 5.74) is 3.57. The van der Waals surface area contributed by atoms with E-state index in [0.717, 1.165) is 35.3 Å². The Balaban J connectivity index is 1.35. The summed E-state index contributed by atoms with van der Waals surface area (Å²) in [5, 5.41) is 2.96. The topological polar surface area (TPSA) is 67.2 Å². The highest BCUT2D eigenvalue weighted by molar-refractivity contribution is 5.94. The summed E-state index contributed by atoms with van der Waals surface area (Å²) in [5.74, 6) is 0.629. The van der Waals surface area contributed by atoms with Crippen LogP contribution in [0.4, 0.5) is 5.95 Å². The first-order chi connectivity index (χ1) is 17.2. The van der Waals surface area contributed by atoms with Crippen LogP contribution in [0.3, 0.4) is 0 Å². The minimum atomic E-state index is -0.255. The van der Waals surface area contributed by atoms with Gasteiger partial charge in [0, 0.05) is 24.0 Å². The second kappa shape index (κ2) is 10.4. The van der Waals surface area contributed by atoms with Gasteiger partial charge < -0.3 is 4.90 Å². The number of amides is 2. The maximum Gasteiger partial charge on any atom is 0.246 e. The second-order valence-corrected chi connectivity index (χ2v) is 8.95. The molecule has 6 nitrogen and oxygen atoms in total. The van der Waals surface area contributed by atoms with Crippen molar-refractivity contribution in [3.8, 4) is 16.9 Å². The highest BCUT2D eigenvalue weighted by atomic mass is 16.2. The molecule has 0 aliphatic heterocycles. The Bertz CT molecular complexity index is 1280. The number of rotatable bonds is 9. The van der Waals surface area contributed by atoms with E-state index in [2.05, 4.69) is 5.32 Å². The molecule has 5 rings (SSSR count). The number of carbonyl (C=O) groups excluding carboxylic acids is 2. The maximum absolute atomic E-state index is 13.2. The fourth-order valence-electron chi connectivity index (χ4n) is 4.09. The van der Waals surface area contributed by atoms with Gasteiger partial charge in [-0.3, -0.25) is 19.5 Å². The van der Waals surface area contributed by atoms with Gasteiger partial charge in [0.25, 0.3) is 0 Å². The van der Waals surface area contributed by atoms with Crippen LogP contribution < -0.4 is 5.32 Å². The molecule has 1 aromatic heterocycles. The lowest BCUT2D eigenvalue weighted by molar-refractivity contribution is -0.134. The summed E-state index contributed by atoms with van der Waals surface area (Å²) in [6, 6.07) is 29.3. The molecule has 0 radical (unpaired) electrons. The average Bonchev–Trinajstić information content (AvgIpc) is 3.62. The summed E-state index contributed by atoms with van der Waals surface area (Å²) in [4.78, 5) is 32.6. The van der Waals surface area contributed by atoms with Gasteiger partial charge in [-0.05, 0) is 36.5 Å². The van der Waals surface area contributed by atoms with Gasteiger partial charge in [-0.2, -0.15) is 0 Å². The Morgan fingerprint density at radius 3 is 2.17 bits per heavy atom. The van der Waals surface area contributed by atoms with E-state index in [1.54, 1.807) is 4.90 Å². The number of hydrogen-bond donors (Lipinski definition) is 1. The monoisotopic (exact) mass is 464 g/mol. The van der Waals surface area contributed by atoms with Crippen LogP contribution in [0.1, 0.15) is 18.4 Å². The van der Waals surface area contributed by atoms with Crippen LogP contribution in [-0.2, 0) is 16.0 Å². The van der Waals surface area contributed by atoms with Crippen molar-refractivity contribution in [1.29, 1.82) is 0 Å². The lowest BCUT2D eigenvalue weighted by atomic mass is 10.1. The first kappa shape index (κ1) is 22.6. The summed E-state index contributed by atoms with van der Waals surface area (Å²) < 4.78 is 1.87. The number of nitrogens with one attached hydrogen (secondary N) is 1. The van der Waals surface area contributed by atoms with Gasteiger partial charge in [0.15, 0.2) is 0 Å². The molecular formula is C29H28N4O2. The molecule has 1 saturated carbocycles. The molecule has 1 aliphatic carbocycles. The number of anilines is 1. The number of aromatic nitrogens is 2. The van der Waals surface area contributed by atoms with Crippen molar-refractivity contribution in [3.63, 3.8) is 0 Å². The second-order valence-electron chi connectivity index (χ2n) is 8.95. The normalized spacial score (nSPS) is 12.8. The van der Waals surface area contributed by atoms with Crippen molar-refractivity contribution >= 4 is 17.8 Å². The smallest absolute Gasteiger partial charge is 0.246 e. The molecule has 176 valence electrons. The molecule has 1 heterocycles. The average molecular weight is 465 g/mol. The molecule has 3 aromatic carbocycles. The van der Waals surface area contributed by atoms with Gasteiger partial charge in [-0.15, -0.1) is 0 Å². The van der Waals surface area contributed by atoms with E-state index in [-0.39, 0.29) is 24.8 Å². The third-order valence-electron chi connectivity index (χ3n) is 6.12. The minimum absolute atomic E-state index is 0.00445. The summed E-state index contributed by atoms with van der Waals surface area (Å²) in [7, 11) is 0. The van der Waals surface area contributed by atoms with Gasteiger partial charge in [-0.1, -0.05) is 78.9 Å². The number of carbonyl (C=O) groups is 2. The van der Waals surface area contributed by atoms with Crippen LogP contribution >= 0.6 is 0 Å². The highest BCUT2D eigenvalue weighted by Gasteiger charge is 2.28. The Morgan fingerprint density at radius 1 is 0.886 bits per heavy atom. The molecule has 0 unspecified atom stereocenters. The van der Waals surface area contributed by atoms with Crippen LogP contribution in [-0.4, -0.2) is 39.4 Å². The number of imidazole rings is 1. The van der Waals surface area contributed by atoms with Crippen LogP contribution in [0.2, 0.25) is 0 Å². The third-order valence-corrected chi connectivity index (χ3v) is 6.12. The summed E-state index contributed by atoms with van der Waals surface area (Å²) >= 11 is 0. The number of hydrogen-bond acceptors (Lipinski definition) is 3. The van der Waals surface area contributed by atoms with E-state index in [1.807, 2.05) is 102 Å². The maximum atomic E-state index is 13.2. The molecule has 2 amide bonds. The Labute approximate surface area is 205 Å². The van der Waals surface area contributed by atoms with Gasteiger partial charge in [-0.25, -0.2) is 4.98 Å². The van der Waals surface area contributed by atoms with E-state index < -0.39 is 0 Å². The lowest BCUT2D eigenvalue weighted by Crippen LogP contribution is -2.40. The van der Waals surface area contributed by atoms with E-state index in [1.165, 1.54) is 0 Å². The highest BCUT2D eigenvalue weighted by Crippen LogP contribution is 2.30. The number of para-hydroxylation sites is 1. The Morgan fingerprint density at radius 2 is 1.51 bits per heavy atom. The van der Waals surface area contributed by atoms with E-state index in [4.69, 9.17) is 4.98 Å². The molecule has 35 heavy (non-hydrogen) atoms. The zero-order valence-electron chi connectivity index (χ0n) is 19.5. The SMILES string of the molecule is O=C(CN(CC1CC1)C(=O)Cc1ccccc1)Nc1nc(-c2ccccc2)cn1-c1ccccc1. The van der Waals surface area contributed by atoms with Crippen LogP contribution in [0.5, 0.6) is 0 Å². The molecule has 0 bridgehead atoms. The first-order valence-corrected chi connectivity index (χ1v) is 12.0. The first-order valence-electron chi connectivity index (χ1n) is 12.0. The van der Waals surface area contributed by atoms with Crippen LogP contribution in [0, 0.1) is 5.92 Å². The third kappa shape index (κ3) is 5.84. The van der Waals surface area contributed by atoms with Gasteiger partial charge >= 0.3 is 0 Å². The van der Waals surface area contributed by atoms with Crippen molar-refractivity contribution in [2.45, 2.75) is 19.3 Å². The Kier molecular flexibility index (Phi) is 6.70. The van der Waals surface area contributed by atoms with E-state index in [0.29, 0.717) is 18.4 Å². The van der Waals surface area contributed by atoms with Crippen molar-refractivity contribution in [2.24, 2.45) is 5.92 Å². The fourth-order valence-corrected chi connectivity index (χ4v) is 4.09. The molecular weight excluding hydrogens is 436 g/mol. The zero-order valence-corrected chi connectivity index (χ0v) is 19.5. The summed E-state index contributed by atoms with van der Waals surface area (Å²) in [6.45, 7) is 0.617. The predicted molar refractivity (Wildman–Crippen MR) is 137 cm³/mol. The zero-order chi connectivity index (χ0) is 24.0. The molecule has 0 spiro atoms.